The van der Waals surface area contributed by atoms with Crippen LogP contribution in [0.5, 0.6) is 0 Å². The van der Waals surface area contributed by atoms with Gasteiger partial charge < -0.3 is 19.3 Å². The fourth-order valence-electron chi connectivity index (χ4n) is 3.12. The highest BCUT2D eigenvalue weighted by molar-refractivity contribution is 6.46. The summed E-state index contributed by atoms with van der Waals surface area (Å²) < 4.78 is 5.48. The predicted molar refractivity (Wildman–Crippen MR) is 97.8 cm³/mol. The van der Waals surface area contributed by atoms with Crippen molar-refractivity contribution in [2.45, 2.75) is 19.9 Å². The van der Waals surface area contributed by atoms with Gasteiger partial charge in [0.1, 0.15) is 23.4 Å². The van der Waals surface area contributed by atoms with Gasteiger partial charge in [0.15, 0.2) is 0 Å². The SMILES string of the molecule is Cc1ncc(C(O)=C2C(=O)C(=O)N(CCN(C)C)[C@@H]2c2ccco2)c(C)n1. The number of likely N-dealkylation sites (N-methyl/N-ethyl adjacent to an activating group) is 1. The van der Waals surface area contributed by atoms with Gasteiger partial charge in [0, 0.05) is 19.3 Å². The van der Waals surface area contributed by atoms with E-state index in [-0.39, 0.29) is 11.3 Å². The van der Waals surface area contributed by atoms with Crippen LogP contribution in [-0.2, 0) is 9.59 Å². The second kappa shape index (κ2) is 7.32. The first-order valence-corrected chi connectivity index (χ1v) is 8.58. The quantitative estimate of drug-likeness (QED) is 0.485. The number of nitrogens with zero attached hydrogens (tertiary/aromatic N) is 4. The van der Waals surface area contributed by atoms with Crippen LogP contribution in [0.25, 0.3) is 5.76 Å². The second-order valence-corrected chi connectivity index (χ2v) is 6.73. The van der Waals surface area contributed by atoms with Gasteiger partial charge in [0.05, 0.1) is 23.1 Å². The maximum Gasteiger partial charge on any atom is 0.295 e. The third kappa shape index (κ3) is 3.48. The molecule has 0 aliphatic carbocycles. The molecular weight excluding hydrogens is 348 g/mol. The maximum atomic E-state index is 12.8. The molecule has 1 fully saturated rings. The number of aryl methyl sites for hydroxylation is 2. The highest BCUT2D eigenvalue weighted by Crippen LogP contribution is 2.39. The molecule has 1 saturated heterocycles. The van der Waals surface area contributed by atoms with Crippen molar-refractivity contribution in [2.75, 3.05) is 27.2 Å². The lowest BCUT2D eigenvalue weighted by Crippen LogP contribution is -2.35. The Kier molecular flexibility index (Phi) is 5.09. The number of aliphatic hydroxyl groups excluding tert-OH is 1. The number of aliphatic hydroxyl groups is 1. The van der Waals surface area contributed by atoms with E-state index in [9.17, 15) is 14.7 Å². The summed E-state index contributed by atoms with van der Waals surface area (Å²) in [5.74, 6) is -0.726. The van der Waals surface area contributed by atoms with Crippen molar-refractivity contribution in [2.24, 2.45) is 0 Å². The molecule has 27 heavy (non-hydrogen) atoms. The van der Waals surface area contributed by atoms with Crippen LogP contribution in [-0.4, -0.2) is 63.7 Å². The van der Waals surface area contributed by atoms with Crippen LogP contribution < -0.4 is 0 Å². The van der Waals surface area contributed by atoms with E-state index in [4.69, 9.17) is 4.42 Å². The van der Waals surface area contributed by atoms with Crippen molar-refractivity contribution in [3.63, 3.8) is 0 Å². The Morgan fingerprint density at radius 1 is 1.33 bits per heavy atom. The number of hydrogen-bond donors (Lipinski definition) is 1. The molecule has 8 nitrogen and oxygen atoms in total. The number of likely N-dealkylation sites (tertiary alicyclic amines) is 1. The number of ketones is 1. The van der Waals surface area contributed by atoms with Crippen LogP contribution in [0.3, 0.4) is 0 Å². The molecule has 1 N–H and O–H groups in total. The summed E-state index contributed by atoms with van der Waals surface area (Å²) >= 11 is 0. The topological polar surface area (TPSA) is 99.8 Å². The Hall–Kier alpha value is -3.00. The summed E-state index contributed by atoms with van der Waals surface area (Å²) in [5, 5.41) is 10.9. The Bertz CT molecular complexity index is 902. The average Bonchev–Trinajstić information content (AvgIpc) is 3.20. The van der Waals surface area contributed by atoms with E-state index in [1.54, 1.807) is 26.0 Å². The Morgan fingerprint density at radius 2 is 2.07 bits per heavy atom. The molecule has 2 aromatic heterocycles. The van der Waals surface area contributed by atoms with Gasteiger partial charge in [0.25, 0.3) is 11.7 Å². The van der Waals surface area contributed by atoms with Crippen LogP contribution >= 0.6 is 0 Å². The van der Waals surface area contributed by atoms with Gasteiger partial charge in [-0.1, -0.05) is 0 Å². The summed E-state index contributed by atoms with van der Waals surface area (Å²) in [4.78, 5) is 37.1. The summed E-state index contributed by atoms with van der Waals surface area (Å²) in [5.41, 5.74) is 0.838. The first kappa shape index (κ1) is 18.8. The van der Waals surface area contributed by atoms with Gasteiger partial charge in [-0.25, -0.2) is 9.97 Å². The molecule has 0 saturated carbocycles. The van der Waals surface area contributed by atoms with E-state index >= 15 is 0 Å². The number of furan rings is 1. The summed E-state index contributed by atoms with van der Waals surface area (Å²) in [6.07, 6.45) is 2.93. The molecule has 1 aliphatic rings. The van der Waals surface area contributed by atoms with Crippen molar-refractivity contribution >= 4 is 17.4 Å². The van der Waals surface area contributed by atoms with Crippen LogP contribution in [0, 0.1) is 13.8 Å². The van der Waals surface area contributed by atoms with Crippen molar-refractivity contribution in [3.05, 3.63) is 53.0 Å². The van der Waals surface area contributed by atoms with Crippen molar-refractivity contribution in [3.8, 4) is 0 Å². The van der Waals surface area contributed by atoms with Crippen LogP contribution in [0.4, 0.5) is 0 Å². The largest absolute Gasteiger partial charge is 0.507 e. The molecule has 3 heterocycles. The van der Waals surface area contributed by atoms with Crippen molar-refractivity contribution < 1.29 is 19.1 Å². The Morgan fingerprint density at radius 3 is 2.67 bits per heavy atom. The van der Waals surface area contributed by atoms with E-state index in [0.29, 0.717) is 35.9 Å². The van der Waals surface area contributed by atoms with E-state index in [1.165, 1.54) is 17.4 Å². The van der Waals surface area contributed by atoms with Crippen LogP contribution in [0.15, 0.2) is 34.6 Å². The fraction of sp³-hybridized carbons (Fsp3) is 0.368. The first-order chi connectivity index (χ1) is 12.8. The van der Waals surface area contributed by atoms with Gasteiger partial charge >= 0.3 is 0 Å². The number of rotatable bonds is 5. The number of carbonyl (C=O) groups is 2. The molecule has 1 aliphatic heterocycles. The van der Waals surface area contributed by atoms with Crippen molar-refractivity contribution in [1.82, 2.24) is 19.8 Å². The predicted octanol–water partition coefficient (Wildman–Crippen LogP) is 1.67. The maximum absolute atomic E-state index is 12.8. The van der Waals surface area contributed by atoms with Gasteiger partial charge in [0.2, 0.25) is 0 Å². The number of amides is 1. The zero-order valence-electron chi connectivity index (χ0n) is 15.8. The lowest BCUT2D eigenvalue weighted by molar-refractivity contribution is -0.140. The molecule has 142 valence electrons. The first-order valence-electron chi connectivity index (χ1n) is 8.58. The molecule has 0 bridgehead atoms. The van der Waals surface area contributed by atoms with Gasteiger partial charge in [-0.3, -0.25) is 9.59 Å². The molecule has 0 unspecified atom stereocenters. The molecule has 0 spiro atoms. The van der Waals surface area contributed by atoms with Crippen LogP contribution in [0.2, 0.25) is 0 Å². The monoisotopic (exact) mass is 370 g/mol. The third-order valence-corrected chi connectivity index (χ3v) is 4.50. The molecule has 1 atom stereocenters. The smallest absolute Gasteiger partial charge is 0.295 e. The minimum absolute atomic E-state index is 0.00995. The lowest BCUT2D eigenvalue weighted by Gasteiger charge is -2.24. The standard InChI is InChI=1S/C19H22N4O4/c1-11-13(10-20-12(2)21-11)17(24)15-16(14-6-5-9-27-14)23(8-7-22(3)4)19(26)18(15)25/h5-6,9-10,16,24H,7-8H2,1-4H3/t16-/m1/s1. The third-order valence-electron chi connectivity index (χ3n) is 4.50. The zero-order chi connectivity index (χ0) is 19.7. The van der Waals surface area contributed by atoms with E-state index in [1.807, 2.05) is 19.0 Å². The Labute approximate surface area is 157 Å². The molecule has 0 radical (unpaired) electrons. The van der Waals surface area contributed by atoms with Crippen molar-refractivity contribution in [1.29, 1.82) is 0 Å². The molecule has 8 heteroatoms. The highest BCUT2D eigenvalue weighted by Gasteiger charge is 2.47. The average molecular weight is 370 g/mol. The minimum Gasteiger partial charge on any atom is -0.507 e. The van der Waals surface area contributed by atoms with Gasteiger partial charge in [-0.05, 0) is 40.1 Å². The summed E-state index contributed by atoms with van der Waals surface area (Å²) in [6.45, 7) is 4.34. The van der Waals surface area contributed by atoms with E-state index < -0.39 is 17.7 Å². The molecular formula is C19H22N4O4. The molecule has 0 aromatic carbocycles. The number of aromatic nitrogens is 2. The molecule has 2 aromatic rings. The number of carbonyl (C=O) groups excluding carboxylic acids is 2. The molecule has 3 rings (SSSR count). The summed E-state index contributed by atoms with van der Waals surface area (Å²) in [6, 6.07) is 2.58. The second-order valence-electron chi connectivity index (χ2n) is 6.73. The number of hydrogen-bond acceptors (Lipinski definition) is 7. The molecule has 1 amide bonds. The van der Waals surface area contributed by atoms with E-state index in [2.05, 4.69) is 9.97 Å². The highest BCUT2D eigenvalue weighted by atomic mass is 16.3. The van der Waals surface area contributed by atoms with Gasteiger partial charge in [-0.2, -0.15) is 0 Å². The van der Waals surface area contributed by atoms with E-state index in [0.717, 1.165) is 0 Å². The zero-order valence-corrected chi connectivity index (χ0v) is 15.8. The fourth-order valence-corrected chi connectivity index (χ4v) is 3.12. The minimum atomic E-state index is -0.791. The Balaban J connectivity index is 2.13. The van der Waals surface area contributed by atoms with Crippen LogP contribution in [0.1, 0.15) is 28.9 Å². The lowest BCUT2D eigenvalue weighted by atomic mass is 9.99. The van der Waals surface area contributed by atoms with Gasteiger partial charge in [-0.15, -0.1) is 0 Å². The number of Topliss-reactive ketones (excluding diaryl/α,β-unsaturated/α-hetero) is 1. The normalized spacial score (nSPS) is 19.3. The summed E-state index contributed by atoms with van der Waals surface area (Å²) in [7, 11) is 3.76.